The molecule has 0 aliphatic heterocycles. The Morgan fingerprint density at radius 1 is 1.12 bits per heavy atom. The zero-order valence-electron chi connectivity index (χ0n) is 12.4. The number of anilines is 2. The number of nitrogens with one attached hydrogen (secondary N) is 2. The monoisotopic (exact) mass is 361 g/mol. The highest BCUT2D eigenvalue weighted by Gasteiger charge is 2.08. The van der Waals surface area contributed by atoms with Gasteiger partial charge in [-0.1, -0.05) is 23.2 Å². The number of aromatic nitrogens is 3. The number of nitrogens with zero attached hydrogens (tertiary/aromatic N) is 3. The third kappa shape index (κ3) is 4.24. The van der Waals surface area contributed by atoms with Crippen LogP contribution in [0.3, 0.4) is 0 Å². The van der Waals surface area contributed by atoms with E-state index in [0.717, 1.165) is 5.56 Å². The van der Waals surface area contributed by atoms with Crippen molar-refractivity contribution < 1.29 is 4.79 Å². The van der Waals surface area contributed by atoms with Crippen molar-refractivity contribution in [2.24, 2.45) is 0 Å². The molecular formula is C16H13Cl2N5O. The van der Waals surface area contributed by atoms with Gasteiger partial charge >= 0.3 is 6.03 Å². The van der Waals surface area contributed by atoms with E-state index in [1.54, 1.807) is 47.7 Å². The van der Waals surface area contributed by atoms with Gasteiger partial charge in [0.2, 0.25) is 0 Å². The van der Waals surface area contributed by atoms with Gasteiger partial charge in [-0.05, 0) is 35.9 Å². The minimum absolute atomic E-state index is 0.405. The van der Waals surface area contributed by atoms with Gasteiger partial charge in [0.05, 0.1) is 29.1 Å². The Labute approximate surface area is 148 Å². The standard InChI is InChI=1S/C16H13Cl2N5O/c17-12-1-2-14(18)15(7-12)22-16(24)21-13-8-20-23(10-13)9-11-3-5-19-6-4-11/h1-8,10H,9H2,(H2,21,22,24). The van der Waals surface area contributed by atoms with Gasteiger partial charge in [-0.3, -0.25) is 9.67 Å². The van der Waals surface area contributed by atoms with E-state index in [4.69, 9.17) is 23.2 Å². The molecule has 0 saturated heterocycles. The van der Waals surface area contributed by atoms with Crippen LogP contribution >= 0.6 is 23.2 Å². The fourth-order valence-corrected chi connectivity index (χ4v) is 2.40. The third-order valence-corrected chi connectivity index (χ3v) is 3.73. The number of carbonyl (C=O) groups is 1. The molecule has 0 radical (unpaired) electrons. The first-order valence-electron chi connectivity index (χ1n) is 7.04. The maximum atomic E-state index is 12.0. The maximum absolute atomic E-state index is 12.0. The van der Waals surface area contributed by atoms with Crippen molar-refractivity contribution in [3.63, 3.8) is 0 Å². The highest BCUT2D eigenvalue weighted by molar-refractivity contribution is 6.35. The van der Waals surface area contributed by atoms with Crippen LogP contribution in [0.2, 0.25) is 10.0 Å². The number of urea groups is 1. The lowest BCUT2D eigenvalue weighted by molar-refractivity contribution is 0.262. The number of halogens is 2. The second-order valence-electron chi connectivity index (χ2n) is 4.99. The molecule has 3 aromatic rings. The average molecular weight is 362 g/mol. The molecule has 0 atom stereocenters. The van der Waals surface area contributed by atoms with Crippen LogP contribution in [0.25, 0.3) is 0 Å². The minimum Gasteiger partial charge on any atom is -0.306 e. The predicted molar refractivity (Wildman–Crippen MR) is 94.7 cm³/mol. The van der Waals surface area contributed by atoms with Gasteiger partial charge in [0.1, 0.15) is 0 Å². The Morgan fingerprint density at radius 3 is 2.71 bits per heavy atom. The summed E-state index contributed by atoms with van der Waals surface area (Å²) in [6.07, 6.45) is 6.75. The summed E-state index contributed by atoms with van der Waals surface area (Å²) in [5.41, 5.74) is 2.07. The van der Waals surface area contributed by atoms with E-state index in [1.807, 2.05) is 12.1 Å². The second-order valence-corrected chi connectivity index (χ2v) is 5.83. The number of pyridine rings is 1. The van der Waals surface area contributed by atoms with Crippen molar-refractivity contribution in [3.8, 4) is 0 Å². The molecule has 2 N–H and O–H groups in total. The van der Waals surface area contributed by atoms with Crippen LogP contribution in [0.15, 0.2) is 55.1 Å². The van der Waals surface area contributed by atoms with Gasteiger partial charge in [-0.2, -0.15) is 5.10 Å². The average Bonchev–Trinajstić information content (AvgIpc) is 2.98. The summed E-state index contributed by atoms with van der Waals surface area (Å²) in [5, 5.41) is 10.4. The molecule has 0 bridgehead atoms. The Balaban J connectivity index is 1.62. The van der Waals surface area contributed by atoms with Crippen LogP contribution < -0.4 is 10.6 Å². The summed E-state index contributed by atoms with van der Waals surface area (Å²) in [4.78, 5) is 16.0. The highest BCUT2D eigenvalue weighted by Crippen LogP contribution is 2.25. The molecule has 0 spiro atoms. The van der Waals surface area contributed by atoms with Crippen molar-refractivity contribution >= 4 is 40.6 Å². The molecule has 24 heavy (non-hydrogen) atoms. The molecule has 2 amide bonds. The fourth-order valence-electron chi connectivity index (χ4n) is 2.07. The Kier molecular flexibility index (Phi) is 4.98. The van der Waals surface area contributed by atoms with Crippen molar-refractivity contribution in [2.75, 3.05) is 10.6 Å². The number of amides is 2. The minimum atomic E-state index is -0.428. The highest BCUT2D eigenvalue weighted by atomic mass is 35.5. The lowest BCUT2D eigenvalue weighted by Gasteiger charge is -2.08. The fraction of sp³-hybridized carbons (Fsp3) is 0.0625. The zero-order chi connectivity index (χ0) is 16.9. The van der Waals surface area contributed by atoms with E-state index in [2.05, 4.69) is 20.7 Å². The van der Waals surface area contributed by atoms with E-state index in [0.29, 0.717) is 28.0 Å². The van der Waals surface area contributed by atoms with Crippen molar-refractivity contribution in [2.45, 2.75) is 6.54 Å². The van der Waals surface area contributed by atoms with Crippen LogP contribution in [0.1, 0.15) is 5.56 Å². The molecular weight excluding hydrogens is 349 g/mol. The van der Waals surface area contributed by atoms with Gasteiger partial charge in [0.15, 0.2) is 0 Å². The van der Waals surface area contributed by atoms with E-state index in [1.165, 1.54) is 0 Å². The summed E-state index contributed by atoms with van der Waals surface area (Å²) >= 11 is 11.9. The topological polar surface area (TPSA) is 71.8 Å². The van der Waals surface area contributed by atoms with Crippen LogP contribution in [0, 0.1) is 0 Å². The van der Waals surface area contributed by atoms with E-state index >= 15 is 0 Å². The molecule has 2 aromatic heterocycles. The van der Waals surface area contributed by atoms with Crippen LogP contribution in [0.4, 0.5) is 16.2 Å². The lowest BCUT2D eigenvalue weighted by atomic mass is 10.3. The Bertz CT molecular complexity index is 851. The smallest absolute Gasteiger partial charge is 0.306 e. The number of benzene rings is 1. The molecule has 0 fully saturated rings. The maximum Gasteiger partial charge on any atom is 0.323 e. The molecule has 0 aliphatic rings. The molecule has 6 nitrogen and oxygen atoms in total. The molecule has 8 heteroatoms. The van der Waals surface area contributed by atoms with Gasteiger partial charge in [0.25, 0.3) is 0 Å². The van der Waals surface area contributed by atoms with Gasteiger partial charge in [-0.15, -0.1) is 0 Å². The molecule has 0 aliphatic carbocycles. The van der Waals surface area contributed by atoms with Crippen molar-refractivity contribution in [1.82, 2.24) is 14.8 Å². The molecule has 0 unspecified atom stereocenters. The predicted octanol–water partition coefficient (Wildman–Crippen LogP) is 4.28. The number of rotatable bonds is 4. The number of carbonyl (C=O) groups excluding carboxylic acids is 1. The lowest BCUT2D eigenvalue weighted by Crippen LogP contribution is -2.19. The van der Waals surface area contributed by atoms with Crippen LogP contribution in [-0.4, -0.2) is 20.8 Å². The largest absolute Gasteiger partial charge is 0.323 e. The summed E-state index contributed by atoms with van der Waals surface area (Å²) in [7, 11) is 0. The first kappa shape index (κ1) is 16.3. The molecule has 0 saturated carbocycles. The first-order valence-corrected chi connectivity index (χ1v) is 7.80. The quantitative estimate of drug-likeness (QED) is 0.728. The van der Waals surface area contributed by atoms with Crippen LogP contribution in [-0.2, 0) is 6.54 Å². The molecule has 122 valence electrons. The zero-order valence-corrected chi connectivity index (χ0v) is 13.9. The summed E-state index contributed by atoms with van der Waals surface area (Å²) in [6, 6.07) is 8.23. The number of hydrogen-bond acceptors (Lipinski definition) is 3. The van der Waals surface area contributed by atoms with Crippen molar-refractivity contribution in [3.05, 3.63) is 70.7 Å². The molecule has 2 heterocycles. The van der Waals surface area contributed by atoms with E-state index in [9.17, 15) is 4.79 Å². The van der Waals surface area contributed by atoms with Gasteiger partial charge in [0, 0.05) is 23.6 Å². The summed E-state index contributed by atoms with van der Waals surface area (Å²) in [5.74, 6) is 0. The second kappa shape index (κ2) is 7.33. The first-order chi connectivity index (χ1) is 11.6. The molecule has 3 rings (SSSR count). The van der Waals surface area contributed by atoms with Gasteiger partial charge < -0.3 is 10.6 Å². The normalized spacial score (nSPS) is 10.4. The Hall–Kier alpha value is -2.57. The van der Waals surface area contributed by atoms with Crippen LogP contribution in [0.5, 0.6) is 0 Å². The van der Waals surface area contributed by atoms with Gasteiger partial charge in [-0.25, -0.2) is 4.79 Å². The molecule has 1 aromatic carbocycles. The van der Waals surface area contributed by atoms with E-state index < -0.39 is 6.03 Å². The number of hydrogen-bond donors (Lipinski definition) is 2. The SMILES string of the molecule is O=C(Nc1cnn(Cc2ccncc2)c1)Nc1cc(Cl)ccc1Cl. The summed E-state index contributed by atoms with van der Waals surface area (Å²) in [6.45, 7) is 0.589. The van der Waals surface area contributed by atoms with Crippen molar-refractivity contribution in [1.29, 1.82) is 0 Å². The Morgan fingerprint density at radius 2 is 1.92 bits per heavy atom. The summed E-state index contributed by atoms with van der Waals surface area (Å²) < 4.78 is 1.72. The third-order valence-electron chi connectivity index (χ3n) is 3.16. The van der Waals surface area contributed by atoms with E-state index in [-0.39, 0.29) is 0 Å².